The monoisotopic (exact) mass is 404 g/mol. The van der Waals surface area contributed by atoms with Crippen molar-refractivity contribution in [2.45, 2.75) is 45.9 Å². The predicted molar refractivity (Wildman–Crippen MR) is 107 cm³/mol. The quantitative estimate of drug-likeness (QED) is 0.848. The van der Waals surface area contributed by atoms with Gasteiger partial charge in [0.2, 0.25) is 5.91 Å². The molecule has 8 heteroatoms. The molecule has 0 spiro atoms. The lowest BCUT2D eigenvalue weighted by atomic mass is 9.97. The maximum absolute atomic E-state index is 13.1. The summed E-state index contributed by atoms with van der Waals surface area (Å²) in [6.07, 6.45) is -0.843. The Kier molecular flexibility index (Phi) is 5.76. The van der Waals surface area contributed by atoms with Crippen LogP contribution in [0.4, 0.5) is 5.69 Å². The van der Waals surface area contributed by atoms with Crippen LogP contribution in [0.5, 0.6) is 0 Å². The predicted octanol–water partition coefficient (Wildman–Crippen LogP) is 3.27. The molecule has 1 saturated heterocycles. The van der Waals surface area contributed by atoms with E-state index in [1.807, 2.05) is 32.4 Å². The third-order valence-corrected chi connectivity index (χ3v) is 5.27. The third-order valence-electron chi connectivity index (χ3n) is 5.02. The van der Waals surface area contributed by atoms with Gasteiger partial charge in [0.1, 0.15) is 6.61 Å². The van der Waals surface area contributed by atoms with Gasteiger partial charge in [0, 0.05) is 18.1 Å². The molecular weight excluding hydrogens is 380 g/mol. The Labute approximate surface area is 169 Å². The van der Waals surface area contributed by atoms with Crippen molar-refractivity contribution in [3.8, 4) is 0 Å². The van der Waals surface area contributed by atoms with E-state index < -0.39 is 12.1 Å². The Morgan fingerprint density at radius 1 is 1.29 bits per heavy atom. The SMILES string of the molecule is Cc1nn(C(C)C)c(C)c1NC(=O)[C@@H]1OCC(=O)N(C)[C@@H]1c1ccc(Cl)cc1. The van der Waals surface area contributed by atoms with E-state index >= 15 is 0 Å². The number of amides is 2. The molecule has 1 fully saturated rings. The third kappa shape index (κ3) is 3.77. The van der Waals surface area contributed by atoms with Crippen molar-refractivity contribution >= 4 is 29.1 Å². The second-order valence-electron chi connectivity index (χ2n) is 7.31. The van der Waals surface area contributed by atoms with Crippen LogP contribution in [0, 0.1) is 13.8 Å². The van der Waals surface area contributed by atoms with E-state index in [1.54, 1.807) is 36.2 Å². The Morgan fingerprint density at radius 3 is 2.50 bits per heavy atom. The molecule has 0 unspecified atom stereocenters. The molecule has 3 rings (SSSR count). The minimum atomic E-state index is -0.843. The summed E-state index contributed by atoms with van der Waals surface area (Å²) in [6, 6.07) is 6.72. The van der Waals surface area contributed by atoms with Crippen LogP contribution in [0.25, 0.3) is 0 Å². The first-order chi connectivity index (χ1) is 13.2. The van der Waals surface area contributed by atoms with Crippen LogP contribution >= 0.6 is 11.6 Å². The Hall–Kier alpha value is -2.38. The number of likely N-dealkylation sites (N-methyl/N-ethyl adjacent to an activating group) is 1. The Morgan fingerprint density at radius 2 is 1.93 bits per heavy atom. The van der Waals surface area contributed by atoms with Crippen molar-refractivity contribution < 1.29 is 14.3 Å². The van der Waals surface area contributed by atoms with Crippen molar-refractivity contribution in [3.63, 3.8) is 0 Å². The van der Waals surface area contributed by atoms with E-state index in [9.17, 15) is 9.59 Å². The van der Waals surface area contributed by atoms with Crippen LogP contribution in [0.2, 0.25) is 5.02 Å². The number of benzene rings is 1. The first-order valence-electron chi connectivity index (χ1n) is 9.20. The van der Waals surface area contributed by atoms with Crippen molar-refractivity contribution in [2.75, 3.05) is 19.0 Å². The minimum absolute atomic E-state index is 0.137. The Balaban J connectivity index is 1.91. The molecule has 1 aromatic heterocycles. The number of nitrogens with one attached hydrogen (secondary N) is 1. The smallest absolute Gasteiger partial charge is 0.256 e. The van der Waals surface area contributed by atoms with E-state index in [0.29, 0.717) is 10.7 Å². The van der Waals surface area contributed by atoms with Crippen LogP contribution in [-0.2, 0) is 14.3 Å². The zero-order valence-electron chi connectivity index (χ0n) is 16.7. The molecule has 1 aliphatic rings. The lowest BCUT2D eigenvalue weighted by Crippen LogP contribution is -2.51. The van der Waals surface area contributed by atoms with E-state index in [0.717, 1.165) is 17.0 Å². The lowest BCUT2D eigenvalue weighted by molar-refractivity contribution is -0.160. The molecule has 1 aliphatic heterocycles. The number of aryl methyl sites for hydroxylation is 1. The first kappa shape index (κ1) is 20.4. The van der Waals surface area contributed by atoms with Gasteiger partial charge in [-0.25, -0.2) is 0 Å². The topological polar surface area (TPSA) is 76.5 Å². The van der Waals surface area contributed by atoms with Gasteiger partial charge < -0.3 is 15.0 Å². The molecule has 1 N–H and O–H groups in total. The number of halogens is 1. The highest BCUT2D eigenvalue weighted by Gasteiger charge is 2.40. The van der Waals surface area contributed by atoms with Crippen LogP contribution in [0.15, 0.2) is 24.3 Å². The van der Waals surface area contributed by atoms with Crippen molar-refractivity contribution in [1.82, 2.24) is 14.7 Å². The highest BCUT2D eigenvalue weighted by molar-refractivity contribution is 6.30. The highest BCUT2D eigenvalue weighted by atomic mass is 35.5. The van der Waals surface area contributed by atoms with E-state index in [4.69, 9.17) is 16.3 Å². The normalized spacial score (nSPS) is 20.0. The largest absolute Gasteiger partial charge is 0.356 e. The Bertz CT molecular complexity index is 892. The van der Waals surface area contributed by atoms with Gasteiger partial charge in [0.05, 0.1) is 23.1 Å². The molecule has 0 bridgehead atoms. The highest BCUT2D eigenvalue weighted by Crippen LogP contribution is 2.31. The average Bonchev–Trinajstić information content (AvgIpc) is 2.93. The second kappa shape index (κ2) is 7.93. The number of nitrogens with zero attached hydrogens (tertiary/aromatic N) is 3. The fourth-order valence-corrected chi connectivity index (χ4v) is 3.66. The molecule has 2 aromatic rings. The molecule has 0 aliphatic carbocycles. The van der Waals surface area contributed by atoms with Crippen molar-refractivity contribution in [2.24, 2.45) is 0 Å². The molecule has 7 nitrogen and oxygen atoms in total. The number of ether oxygens (including phenoxy) is 1. The molecule has 2 atom stereocenters. The summed E-state index contributed by atoms with van der Waals surface area (Å²) in [6.45, 7) is 7.71. The summed E-state index contributed by atoms with van der Waals surface area (Å²) in [7, 11) is 1.68. The molecule has 2 heterocycles. The minimum Gasteiger partial charge on any atom is -0.356 e. The maximum atomic E-state index is 13.1. The van der Waals surface area contributed by atoms with Gasteiger partial charge in [0.25, 0.3) is 5.91 Å². The van der Waals surface area contributed by atoms with Crippen LogP contribution in [0.3, 0.4) is 0 Å². The van der Waals surface area contributed by atoms with E-state index in [2.05, 4.69) is 10.4 Å². The van der Waals surface area contributed by atoms with Crippen LogP contribution in [-0.4, -0.2) is 46.3 Å². The number of anilines is 1. The van der Waals surface area contributed by atoms with Gasteiger partial charge >= 0.3 is 0 Å². The van der Waals surface area contributed by atoms with Crippen LogP contribution < -0.4 is 5.32 Å². The molecule has 1 aromatic carbocycles. The summed E-state index contributed by atoms with van der Waals surface area (Å²) in [4.78, 5) is 26.9. The van der Waals surface area contributed by atoms with Gasteiger partial charge in [-0.15, -0.1) is 0 Å². The average molecular weight is 405 g/mol. The lowest BCUT2D eigenvalue weighted by Gasteiger charge is -2.38. The molecule has 2 amide bonds. The van der Waals surface area contributed by atoms with Gasteiger partial charge in [-0.1, -0.05) is 23.7 Å². The van der Waals surface area contributed by atoms with Crippen LogP contribution in [0.1, 0.15) is 42.9 Å². The number of carbonyl (C=O) groups excluding carboxylic acids is 2. The van der Waals surface area contributed by atoms with Gasteiger partial charge in [-0.3, -0.25) is 14.3 Å². The molecule has 150 valence electrons. The van der Waals surface area contributed by atoms with E-state index in [-0.39, 0.29) is 24.5 Å². The number of hydrogen-bond acceptors (Lipinski definition) is 4. The fourth-order valence-electron chi connectivity index (χ4n) is 3.53. The number of rotatable bonds is 4. The second-order valence-corrected chi connectivity index (χ2v) is 7.74. The van der Waals surface area contributed by atoms with Gasteiger partial charge in [0.15, 0.2) is 6.10 Å². The summed E-state index contributed by atoms with van der Waals surface area (Å²) in [5, 5.41) is 8.05. The number of morpholine rings is 1. The molecule has 0 radical (unpaired) electrons. The zero-order chi connectivity index (χ0) is 20.6. The fraction of sp³-hybridized carbons (Fsp3) is 0.450. The van der Waals surface area contributed by atoms with Gasteiger partial charge in [-0.2, -0.15) is 5.10 Å². The molecule has 0 saturated carbocycles. The summed E-state index contributed by atoms with van der Waals surface area (Å²) in [5.74, 6) is -0.488. The molecular formula is C20H25ClN4O3. The number of carbonyl (C=O) groups is 2. The summed E-state index contributed by atoms with van der Waals surface area (Å²) < 4.78 is 7.54. The summed E-state index contributed by atoms with van der Waals surface area (Å²) in [5.41, 5.74) is 3.08. The number of aromatic nitrogens is 2. The summed E-state index contributed by atoms with van der Waals surface area (Å²) >= 11 is 5.98. The van der Waals surface area contributed by atoms with E-state index in [1.165, 1.54) is 0 Å². The van der Waals surface area contributed by atoms with Crippen molar-refractivity contribution in [1.29, 1.82) is 0 Å². The standard InChI is InChI=1S/C20H25ClN4O3/c1-11(2)25-13(4)17(12(3)23-25)22-20(27)19-18(24(5)16(26)10-28-19)14-6-8-15(21)9-7-14/h6-9,11,18-19H,10H2,1-5H3,(H,22,27)/t18-,19-/m1/s1. The van der Waals surface area contributed by atoms with Crippen molar-refractivity contribution in [3.05, 3.63) is 46.2 Å². The van der Waals surface area contributed by atoms with Gasteiger partial charge in [-0.05, 0) is 45.4 Å². The molecule has 28 heavy (non-hydrogen) atoms. The zero-order valence-corrected chi connectivity index (χ0v) is 17.4. The maximum Gasteiger partial charge on any atom is 0.256 e. The first-order valence-corrected chi connectivity index (χ1v) is 9.57. The number of hydrogen-bond donors (Lipinski definition) is 1.